The van der Waals surface area contributed by atoms with Gasteiger partial charge in [0.1, 0.15) is 5.75 Å². The molecule has 0 N–H and O–H groups in total. The average Bonchev–Trinajstić information content (AvgIpc) is 3.27. The molecule has 0 spiro atoms. The zero-order valence-electron chi connectivity index (χ0n) is 17.1. The number of hydrogen-bond donors (Lipinski definition) is 0. The molecule has 2 nitrogen and oxygen atoms in total. The molecule has 0 heterocycles. The number of rotatable bonds is 5. The van der Waals surface area contributed by atoms with Crippen LogP contribution in [-0.4, -0.2) is 5.97 Å². The maximum absolute atomic E-state index is 12.7. The summed E-state index contributed by atoms with van der Waals surface area (Å²) in [6, 6.07) is 37.3. The standard InChI is InChI=1S/C28H23O2S/c29-28(23-19-21-9-7-8-10-22(21)20-23)30-24-15-17-27(18-16-24)31(25-11-3-1-4-12-25)26-13-5-2-6-14-26/h1-18,23H,19-20H2/q+1. The van der Waals surface area contributed by atoms with Gasteiger partial charge in [-0.3, -0.25) is 4.79 Å². The predicted octanol–water partition coefficient (Wildman–Crippen LogP) is 6.10. The first-order valence-corrected chi connectivity index (χ1v) is 11.7. The summed E-state index contributed by atoms with van der Waals surface area (Å²) >= 11 is 0. The Hall–Kier alpha value is -3.30. The Balaban J connectivity index is 1.34. The monoisotopic (exact) mass is 423 g/mol. The Morgan fingerprint density at radius 2 is 1.06 bits per heavy atom. The van der Waals surface area contributed by atoms with Crippen molar-refractivity contribution in [3.63, 3.8) is 0 Å². The highest BCUT2D eigenvalue weighted by atomic mass is 32.2. The van der Waals surface area contributed by atoms with Crippen LogP contribution in [0.3, 0.4) is 0 Å². The van der Waals surface area contributed by atoms with Crippen LogP contribution >= 0.6 is 0 Å². The Labute approximate surface area is 185 Å². The van der Waals surface area contributed by atoms with E-state index in [0.29, 0.717) is 5.75 Å². The summed E-state index contributed by atoms with van der Waals surface area (Å²) in [6.07, 6.45) is 1.52. The van der Waals surface area contributed by atoms with E-state index in [0.717, 1.165) is 12.8 Å². The minimum absolute atomic E-state index is 0.0969. The molecule has 4 aromatic carbocycles. The molecule has 0 unspecified atom stereocenters. The molecule has 0 bridgehead atoms. The van der Waals surface area contributed by atoms with Crippen LogP contribution in [0.25, 0.3) is 0 Å². The zero-order chi connectivity index (χ0) is 21.0. The molecule has 0 aliphatic heterocycles. The first kappa shape index (κ1) is 19.7. The predicted molar refractivity (Wildman–Crippen MR) is 124 cm³/mol. The largest absolute Gasteiger partial charge is 0.426 e. The second-order valence-corrected chi connectivity index (χ2v) is 9.73. The van der Waals surface area contributed by atoms with Gasteiger partial charge in [-0.15, -0.1) is 0 Å². The molecule has 3 heteroatoms. The van der Waals surface area contributed by atoms with Gasteiger partial charge in [-0.05, 0) is 72.5 Å². The van der Waals surface area contributed by atoms with Crippen LogP contribution in [0, 0.1) is 5.92 Å². The summed E-state index contributed by atoms with van der Waals surface area (Å²) in [5, 5.41) is 0. The Morgan fingerprint density at radius 3 is 1.58 bits per heavy atom. The lowest BCUT2D eigenvalue weighted by Gasteiger charge is -2.11. The lowest BCUT2D eigenvalue weighted by atomic mass is 10.1. The van der Waals surface area contributed by atoms with Crippen molar-refractivity contribution in [1.29, 1.82) is 0 Å². The Morgan fingerprint density at radius 1 is 0.613 bits per heavy atom. The molecule has 4 aromatic rings. The van der Waals surface area contributed by atoms with Crippen molar-refractivity contribution in [2.45, 2.75) is 27.5 Å². The van der Waals surface area contributed by atoms with Crippen molar-refractivity contribution in [2.75, 3.05) is 0 Å². The van der Waals surface area contributed by atoms with E-state index < -0.39 is 0 Å². The number of esters is 1. The highest BCUT2D eigenvalue weighted by Crippen LogP contribution is 2.32. The van der Waals surface area contributed by atoms with E-state index >= 15 is 0 Å². The smallest absolute Gasteiger partial charge is 0.315 e. The van der Waals surface area contributed by atoms with E-state index in [9.17, 15) is 4.79 Å². The number of benzene rings is 4. The summed E-state index contributed by atoms with van der Waals surface area (Å²) in [5.74, 6) is 0.365. The van der Waals surface area contributed by atoms with Gasteiger partial charge in [0.15, 0.2) is 14.7 Å². The lowest BCUT2D eigenvalue weighted by Crippen LogP contribution is -2.20. The third-order valence-corrected chi connectivity index (χ3v) is 7.85. The van der Waals surface area contributed by atoms with Crippen molar-refractivity contribution in [2.24, 2.45) is 5.92 Å². The van der Waals surface area contributed by atoms with Crippen LogP contribution in [0.4, 0.5) is 0 Å². The summed E-state index contributed by atoms with van der Waals surface area (Å²) < 4.78 is 5.74. The number of carbonyl (C=O) groups is 1. The normalized spacial score (nSPS) is 13.2. The highest BCUT2D eigenvalue weighted by Gasteiger charge is 2.30. The van der Waals surface area contributed by atoms with E-state index in [4.69, 9.17) is 4.74 Å². The summed E-state index contributed by atoms with van der Waals surface area (Å²) in [6.45, 7) is 0. The molecule has 1 aliphatic carbocycles. The number of carbonyl (C=O) groups excluding carboxylic acids is 1. The van der Waals surface area contributed by atoms with Gasteiger partial charge in [-0.25, -0.2) is 0 Å². The van der Waals surface area contributed by atoms with Gasteiger partial charge in [0.05, 0.1) is 16.8 Å². The van der Waals surface area contributed by atoms with Gasteiger partial charge in [-0.2, -0.15) is 0 Å². The molecule has 0 amide bonds. The van der Waals surface area contributed by atoms with Crippen LogP contribution in [0.5, 0.6) is 5.75 Å². The van der Waals surface area contributed by atoms with Crippen LogP contribution in [0.2, 0.25) is 0 Å². The molecule has 0 atom stereocenters. The van der Waals surface area contributed by atoms with Gasteiger partial charge >= 0.3 is 5.97 Å². The SMILES string of the molecule is O=C(Oc1ccc([S+](c2ccccc2)c2ccccc2)cc1)C1Cc2ccccc2C1. The maximum Gasteiger partial charge on any atom is 0.315 e. The fraction of sp³-hybridized carbons (Fsp3) is 0.107. The van der Waals surface area contributed by atoms with Crippen molar-refractivity contribution in [3.05, 3.63) is 120 Å². The molecule has 0 saturated heterocycles. The Kier molecular flexibility index (Phi) is 5.59. The molecule has 31 heavy (non-hydrogen) atoms. The quantitative estimate of drug-likeness (QED) is 0.220. The van der Waals surface area contributed by atoms with Crippen LogP contribution in [-0.2, 0) is 28.5 Å². The van der Waals surface area contributed by atoms with Crippen LogP contribution < -0.4 is 4.74 Å². The maximum atomic E-state index is 12.7. The summed E-state index contributed by atoms with van der Waals surface area (Å²) in [7, 11) is -0.205. The number of hydrogen-bond acceptors (Lipinski definition) is 2. The minimum Gasteiger partial charge on any atom is -0.426 e. The third-order valence-electron chi connectivity index (χ3n) is 5.62. The van der Waals surface area contributed by atoms with Gasteiger partial charge in [0.25, 0.3) is 0 Å². The van der Waals surface area contributed by atoms with Crippen molar-refractivity contribution in [3.8, 4) is 5.75 Å². The molecule has 1 aliphatic rings. The van der Waals surface area contributed by atoms with Gasteiger partial charge in [0, 0.05) is 0 Å². The summed E-state index contributed by atoms with van der Waals surface area (Å²) in [4.78, 5) is 16.5. The van der Waals surface area contributed by atoms with E-state index in [2.05, 4.69) is 72.8 Å². The van der Waals surface area contributed by atoms with E-state index in [1.165, 1.54) is 25.8 Å². The van der Waals surface area contributed by atoms with Gasteiger partial charge in [0.2, 0.25) is 0 Å². The van der Waals surface area contributed by atoms with Crippen molar-refractivity contribution in [1.82, 2.24) is 0 Å². The van der Waals surface area contributed by atoms with Crippen LogP contribution in [0.15, 0.2) is 124 Å². The average molecular weight is 424 g/mol. The first-order valence-electron chi connectivity index (χ1n) is 10.5. The highest BCUT2D eigenvalue weighted by molar-refractivity contribution is 7.97. The lowest BCUT2D eigenvalue weighted by molar-refractivity contribution is -0.138. The molecule has 0 radical (unpaired) electrons. The molecule has 0 aromatic heterocycles. The first-order chi connectivity index (χ1) is 15.3. The topological polar surface area (TPSA) is 26.3 Å². The van der Waals surface area contributed by atoms with E-state index in [1.807, 2.05) is 36.4 Å². The van der Waals surface area contributed by atoms with E-state index in [-0.39, 0.29) is 22.8 Å². The minimum atomic E-state index is -0.205. The van der Waals surface area contributed by atoms with Gasteiger partial charge in [-0.1, -0.05) is 60.7 Å². The zero-order valence-corrected chi connectivity index (χ0v) is 17.9. The molecule has 0 saturated carbocycles. The molecule has 0 fully saturated rings. The summed E-state index contributed by atoms with van der Waals surface area (Å²) in [5.41, 5.74) is 2.52. The van der Waals surface area contributed by atoms with Gasteiger partial charge < -0.3 is 4.74 Å². The molecule has 5 rings (SSSR count). The molecular formula is C28H23O2S+. The van der Waals surface area contributed by atoms with Crippen molar-refractivity contribution >= 4 is 16.9 Å². The van der Waals surface area contributed by atoms with E-state index in [1.54, 1.807) is 0 Å². The Bertz CT molecular complexity index is 1110. The molecular weight excluding hydrogens is 400 g/mol. The van der Waals surface area contributed by atoms with Crippen LogP contribution in [0.1, 0.15) is 11.1 Å². The fourth-order valence-corrected chi connectivity index (χ4v) is 6.17. The fourth-order valence-electron chi connectivity index (χ4n) is 4.09. The third kappa shape index (κ3) is 4.28. The molecule has 152 valence electrons. The second-order valence-electron chi connectivity index (χ2n) is 7.70. The number of fused-ring (bicyclic) bond motifs is 1. The number of ether oxygens (including phenoxy) is 1. The van der Waals surface area contributed by atoms with Crippen molar-refractivity contribution < 1.29 is 9.53 Å². The second kappa shape index (κ2) is 8.83.